The minimum absolute atomic E-state index is 0.0984. The first-order chi connectivity index (χ1) is 5.22. The van der Waals surface area contributed by atoms with Crippen molar-refractivity contribution in [2.24, 2.45) is 5.92 Å². The van der Waals surface area contributed by atoms with E-state index in [0.717, 1.165) is 0 Å². The van der Waals surface area contributed by atoms with Crippen LogP contribution in [0.3, 0.4) is 0 Å². The molecule has 0 aromatic carbocycles. The maximum absolute atomic E-state index is 8.53. The predicted molar refractivity (Wildman–Crippen MR) is 49.3 cm³/mol. The van der Waals surface area contributed by atoms with Crippen molar-refractivity contribution in [3.05, 3.63) is 36.5 Å². The first-order valence-corrected chi connectivity index (χ1v) is 3.82. The quantitative estimate of drug-likeness (QED) is 0.613. The highest BCUT2D eigenvalue weighted by atomic mass is 16.2. The van der Waals surface area contributed by atoms with Crippen molar-refractivity contribution in [1.82, 2.24) is 0 Å². The molecule has 0 heterocycles. The van der Waals surface area contributed by atoms with Gasteiger partial charge in [0.25, 0.3) is 0 Å². The van der Waals surface area contributed by atoms with E-state index in [2.05, 4.69) is 20.4 Å². The van der Waals surface area contributed by atoms with Gasteiger partial charge in [-0.15, -0.1) is 0 Å². The number of allylic oxidation sites excluding steroid dienone is 4. The molecule has 1 N–H and O–H groups in total. The molecule has 0 radical (unpaired) electrons. The van der Waals surface area contributed by atoms with Crippen molar-refractivity contribution >= 4 is 0 Å². The van der Waals surface area contributed by atoms with Gasteiger partial charge in [0.15, 0.2) is 0 Å². The minimum atomic E-state index is 0.0984. The molecule has 0 atom stereocenters. The van der Waals surface area contributed by atoms with Crippen LogP contribution in [0.2, 0.25) is 0 Å². The second-order valence-corrected chi connectivity index (χ2v) is 2.64. The van der Waals surface area contributed by atoms with Crippen molar-refractivity contribution in [2.45, 2.75) is 13.8 Å². The zero-order valence-electron chi connectivity index (χ0n) is 7.25. The molecule has 0 aromatic rings. The Morgan fingerprint density at radius 2 is 2.18 bits per heavy atom. The molecule has 0 aliphatic heterocycles. The second kappa shape index (κ2) is 5.93. The maximum Gasteiger partial charge on any atom is 0.0615 e. The molecule has 0 bridgehead atoms. The van der Waals surface area contributed by atoms with Gasteiger partial charge in [0, 0.05) is 0 Å². The predicted octanol–water partition coefficient (Wildman–Crippen LogP) is 2.30. The fourth-order valence-electron chi connectivity index (χ4n) is 0.765. The van der Waals surface area contributed by atoms with Gasteiger partial charge in [-0.25, -0.2) is 0 Å². The molecule has 0 aromatic heterocycles. The molecule has 1 nitrogen and oxygen atoms in total. The van der Waals surface area contributed by atoms with E-state index < -0.39 is 0 Å². The molecule has 0 saturated heterocycles. The lowest BCUT2D eigenvalue weighted by molar-refractivity contribution is 0.342. The number of hydrogen-bond donors (Lipinski definition) is 1. The molecule has 0 unspecified atom stereocenters. The normalized spacial score (nSPS) is 12.9. The Hall–Kier alpha value is -0.820. The van der Waals surface area contributed by atoms with Crippen LogP contribution in [-0.2, 0) is 0 Å². The molecule has 62 valence electrons. The third-order valence-corrected chi connectivity index (χ3v) is 1.39. The third kappa shape index (κ3) is 4.57. The van der Waals surface area contributed by atoms with Crippen LogP contribution in [0, 0.1) is 5.92 Å². The van der Waals surface area contributed by atoms with E-state index in [9.17, 15) is 0 Å². The largest absolute Gasteiger partial charge is 0.392 e. The van der Waals surface area contributed by atoms with Gasteiger partial charge in [0.2, 0.25) is 0 Å². The Balaban J connectivity index is 4.22. The summed E-state index contributed by atoms with van der Waals surface area (Å²) in [6.07, 6.45) is 7.37. The number of aliphatic hydroxyl groups excluding tert-OH is 1. The number of hydrogen-bond acceptors (Lipinski definition) is 1. The van der Waals surface area contributed by atoms with Crippen LogP contribution in [-0.4, -0.2) is 11.7 Å². The first-order valence-electron chi connectivity index (χ1n) is 3.82. The molecule has 0 aliphatic rings. The number of aliphatic hydroxyl groups is 1. The van der Waals surface area contributed by atoms with Crippen LogP contribution < -0.4 is 0 Å². The fourth-order valence-corrected chi connectivity index (χ4v) is 0.765. The molecule has 0 saturated carbocycles. The summed E-state index contributed by atoms with van der Waals surface area (Å²) < 4.78 is 0. The highest BCUT2D eigenvalue weighted by molar-refractivity contribution is 5.24. The molecule has 0 amide bonds. The lowest BCUT2D eigenvalue weighted by Crippen LogP contribution is -1.89. The van der Waals surface area contributed by atoms with E-state index in [1.165, 1.54) is 5.57 Å². The van der Waals surface area contributed by atoms with Gasteiger partial charge in [-0.1, -0.05) is 44.7 Å². The lowest BCUT2D eigenvalue weighted by atomic mass is 10.0. The van der Waals surface area contributed by atoms with E-state index in [1.54, 1.807) is 12.2 Å². The Labute approximate surface area is 68.7 Å². The van der Waals surface area contributed by atoms with Gasteiger partial charge in [-0.3, -0.25) is 0 Å². The van der Waals surface area contributed by atoms with Crippen LogP contribution in [0.1, 0.15) is 13.8 Å². The van der Waals surface area contributed by atoms with Crippen molar-refractivity contribution in [1.29, 1.82) is 0 Å². The molecule has 11 heavy (non-hydrogen) atoms. The molecular formula is C10H16O. The summed E-state index contributed by atoms with van der Waals surface area (Å²) in [4.78, 5) is 0. The fraction of sp³-hybridized carbons (Fsp3) is 0.400. The van der Waals surface area contributed by atoms with Gasteiger partial charge in [0.1, 0.15) is 0 Å². The highest BCUT2D eigenvalue weighted by Crippen LogP contribution is 2.10. The highest BCUT2D eigenvalue weighted by Gasteiger charge is 1.95. The number of rotatable bonds is 4. The molecule has 0 aliphatic carbocycles. The van der Waals surface area contributed by atoms with Gasteiger partial charge in [-0.2, -0.15) is 0 Å². The van der Waals surface area contributed by atoms with Crippen LogP contribution in [0.15, 0.2) is 36.5 Å². The topological polar surface area (TPSA) is 20.2 Å². The van der Waals surface area contributed by atoms with Crippen molar-refractivity contribution < 1.29 is 5.11 Å². The summed E-state index contributed by atoms with van der Waals surface area (Å²) in [6.45, 7) is 7.93. The summed E-state index contributed by atoms with van der Waals surface area (Å²) in [5.74, 6) is 0.482. The third-order valence-electron chi connectivity index (χ3n) is 1.39. The summed E-state index contributed by atoms with van der Waals surface area (Å²) in [5.41, 5.74) is 1.19. The average molecular weight is 152 g/mol. The van der Waals surface area contributed by atoms with Crippen LogP contribution in [0.25, 0.3) is 0 Å². The molecule has 0 fully saturated rings. The van der Waals surface area contributed by atoms with Crippen molar-refractivity contribution in [3.8, 4) is 0 Å². The monoisotopic (exact) mass is 152 g/mol. The van der Waals surface area contributed by atoms with E-state index in [1.807, 2.05) is 12.2 Å². The summed E-state index contributed by atoms with van der Waals surface area (Å²) >= 11 is 0. The zero-order valence-corrected chi connectivity index (χ0v) is 7.25. The molecule has 1 heteroatoms. The maximum atomic E-state index is 8.53. The summed E-state index contributed by atoms with van der Waals surface area (Å²) in [5, 5.41) is 8.53. The minimum Gasteiger partial charge on any atom is -0.392 e. The smallest absolute Gasteiger partial charge is 0.0615 e. The van der Waals surface area contributed by atoms with Gasteiger partial charge in [0.05, 0.1) is 6.61 Å². The van der Waals surface area contributed by atoms with Crippen LogP contribution >= 0.6 is 0 Å². The Morgan fingerprint density at radius 1 is 1.55 bits per heavy atom. The standard InChI is InChI=1S/C10H16O/c1-4-6-10(9(2)3)7-5-8-11/h4-7,9,11H,1,8H2,2-3H3/b7-5-,10-6+. The Morgan fingerprint density at radius 3 is 2.55 bits per heavy atom. The van der Waals surface area contributed by atoms with Gasteiger partial charge < -0.3 is 5.11 Å². The summed E-state index contributed by atoms with van der Waals surface area (Å²) in [7, 11) is 0. The zero-order chi connectivity index (χ0) is 8.69. The van der Waals surface area contributed by atoms with E-state index in [-0.39, 0.29) is 6.61 Å². The summed E-state index contributed by atoms with van der Waals surface area (Å²) in [6, 6.07) is 0. The van der Waals surface area contributed by atoms with Gasteiger partial charge >= 0.3 is 0 Å². The van der Waals surface area contributed by atoms with Crippen LogP contribution in [0.5, 0.6) is 0 Å². The lowest BCUT2D eigenvalue weighted by Gasteiger charge is -2.03. The van der Waals surface area contributed by atoms with Crippen molar-refractivity contribution in [2.75, 3.05) is 6.61 Å². The second-order valence-electron chi connectivity index (χ2n) is 2.64. The Kier molecular flexibility index (Phi) is 5.49. The molecule has 0 spiro atoms. The van der Waals surface area contributed by atoms with Crippen LogP contribution in [0.4, 0.5) is 0 Å². The van der Waals surface area contributed by atoms with Crippen molar-refractivity contribution in [3.63, 3.8) is 0 Å². The Bertz CT molecular complexity index is 164. The average Bonchev–Trinajstić information content (AvgIpc) is 1.97. The first kappa shape index (κ1) is 10.2. The van der Waals surface area contributed by atoms with E-state index >= 15 is 0 Å². The molecule has 0 rings (SSSR count). The van der Waals surface area contributed by atoms with Gasteiger partial charge in [-0.05, 0) is 11.5 Å². The van der Waals surface area contributed by atoms with E-state index in [4.69, 9.17) is 5.11 Å². The molecular weight excluding hydrogens is 136 g/mol. The SMILES string of the molecule is C=C/C=C(\C=C/CO)C(C)C. The van der Waals surface area contributed by atoms with E-state index in [0.29, 0.717) is 5.92 Å².